The third-order valence-electron chi connectivity index (χ3n) is 4.18. The molecule has 1 aliphatic carbocycles. The van der Waals surface area contributed by atoms with Crippen LogP contribution >= 0.6 is 11.6 Å². The second-order valence-corrected chi connectivity index (χ2v) is 6.35. The van der Waals surface area contributed by atoms with Gasteiger partial charge in [-0.25, -0.2) is 0 Å². The number of amides is 1. The van der Waals surface area contributed by atoms with Gasteiger partial charge in [0.05, 0.1) is 17.9 Å². The van der Waals surface area contributed by atoms with Gasteiger partial charge in [0.1, 0.15) is 0 Å². The monoisotopic (exact) mass is 309 g/mol. The van der Waals surface area contributed by atoms with E-state index >= 15 is 0 Å². The van der Waals surface area contributed by atoms with Crippen LogP contribution in [-0.4, -0.2) is 17.0 Å². The van der Waals surface area contributed by atoms with E-state index in [1.165, 1.54) is 0 Å². The SMILES string of the molecule is CC1C[C@H](C(=O)N[C@H](C)c2ccc(Cl)cc2)[C@H](C(=O)O)C1. The van der Waals surface area contributed by atoms with Crippen molar-refractivity contribution in [2.45, 2.75) is 32.7 Å². The molecular formula is C16H20ClNO3. The average molecular weight is 310 g/mol. The number of rotatable bonds is 4. The average Bonchev–Trinajstić information content (AvgIpc) is 2.82. The first-order valence-corrected chi connectivity index (χ1v) is 7.55. The highest BCUT2D eigenvalue weighted by atomic mass is 35.5. The molecule has 5 heteroatoms. The van der Waals surface area contributed by atoms with E-state index in [2.05, 4.69) is 5.32 Å². The molecule has 1 saturated carbocycles. The van der Waals surface area contributed by atoms with E-state index in [9.17, 15) is 14.7 Å². The number of hydrogen-bond acceptors (Lipinski definition) is 2. The van der Waals surface area contributed by atoms with Crippen LogP contribution in [0.25, 0.3) is 0 Å². The lowest BCUT2D eigenvalue weighted by Crippen LogP contribution is -2.36. The predicted molar refractivity (Wildman–Crippen MR) is 81.0 cm³/mol. The highest BCUT2D eigenvalue weighted by Gasteiger charge is 2.41. The van der Waals surface area contributed by atoms with Crippen molar-refractivity contribution >= 4 is 23.5 Å². The summed E-state index contributed by atoms with van der Waals surface area (Å²) in [6.07, 6.45) is 1.21. The molecule has 1 fully saturated rings. The van der Waals surface area contributed by atoms with E-state index in [4.69, 9.17) is 11.6 Å². The number of carboxylic acids is 1. The molecule has 1 unspecified atom stereocenters. The van der Waals surface area contributed by atoms with Crippen LogP contribution in [0.15, 0.2) is 24.3 Å². The number of benzene rings is 1. The van der Waals surface area contributed by atoms with E-state index in [0.29, 0.717) is 17.9 Å². The van der Waals surface area contributed by atoms with Gasteiger partial charge in [0.25, 0.3) is 0 Å². The number of carbonyl (C=O) groups excluding carboxylic acids is 1. The molecule has 1 aliphatic rings. The lowest BCUT2D eigenvalue weighted by Gasteiger charge is -2.20. The normalized spacial score (nSPS) is 26.3. The van der Waals surface area contributed by atoms with E-state index in [-0.39, 0.29) is 17.9 Å². The minimum Gasteiger partial charge on any atom is -0.481 e. The molecule has 0 spiro atoms. The zero-order valence-corrected chi connectivity index (χ0v) is 12.9. The van der Waals surface area contributed by atoms with Crippen LogP contribution in [0.4, 0.5) is 0 Å². The molecule has 1 amide bonds. The van der Waals surface area contributed by atoms with Gasteiger partial charge in [-0.1, -0.05) is 30.7 Å². The van der Waals surface area contributed by atoms with Crippen LogP contribution < -0.4 is 5.32 Å². The van der Waals surface area contributed by atoms with Crippen LogP contribution in [0.2, 0.25) is 5.02 Å². The van der Waals surface area contributed by atoms with Gasteiger partial charge in [0, 0.05) is 5.02 Å². The smallest absolute Gasteiger partial charge is 0.307 e. The molecule has 21 heavy (non-hydrogen) atoms. The summed E-state index contributed by atoms with van der Waals surface area (Å²) >= 11 is 5.84. The first-order chi connectivity index (χ1) is 9.88. The Morgan fingerprint density at radius 3 is 2.38 bits per heavy atom. The highest BCUT2D eigenvalue weighted by molar-refractivity contribution is 6.30. The third-order valence-corrected chi connectivity index (χ3v) is 4.43. The molecule has 0 aromatic heterocycles. The zero-order valence-electron chi connectivity index (χ0n) is 12.2. The van der Waals surface area contributed by atoms with Crippen molar-refractivity contribution in [1.29, 1.82) is 0 Å². The summed E-state index contributed by atoms with van der Waals surface area (Å²) in [5, 5.41) is 12.8. The van der Waals surface area contributed by atoms with Crippen molar-refractivity contribution in [3.63, 3.8) is 0 Å². The summed E-state index contributed by atoms with van der Waals surface area (Å²) in [7, 11) is 0. The number of halogens is 1. The summed E-state index contributed by atoms with van der Waals surface area (Å²) in [4.78, 5) is 23.6. The van der Waals surface area contributed by atoms with Crippen molar-refractivity contribution in [2.24, 2.45) is 17.8 Å². The molecule has 2 rings (SSSR count). The Hall–Kier alpha value is -1.55. The number of hydrogen-bond donors (Lipinski definition) is 2. The van der Waals surface area contributed by atoms with E-state index in [0.717, 1.165) is 5.56 Å². The summed E-state index contributed by atoms with van der Waals surface area (Å²) in [6.45, 7) is 3.88. The molecule has 4 atom stereocenters. The Labute approximate surface area is 129 Å². The third kappa shape index (κ3) is 3.76. The molecule has 0 radical (unpaired) electrons. The summed E-state index contributed by atoms with van der Waals surface area (Å²) < 4.78 is 0. The van der Waals surface area contributed by atoms with E-state index < -0.39 is 17.8 Å². The van der Waals surface area contributed by atoms with Gasteiger partial charge in [-0.15, -0.1) is 0 Å². The van der Waals surface area contributed by atoms with E-state index in [1.54, 1.807) is 12.1 Å². The molecule has 4 nitrogen and oxygen atoms in total. The van der Waals surface area contributed by atoms with Gasteiger partial charge in [0.15, 0.2) is 0 Å². The maximum atomic E-state index is 12.4. The predicted octanol–water partition coefficient (Wildman–Crippen LogP) is 3.26. The van der Waals surface area contributed by atoms with Crippen LogP contribution in [0.3, 0.4) is 0 Å². The Kier molecular flexibility index (Phi) is 4.88. The molecule has 0 heterocycles. The van der Waals surface area contributed by atoms with E-state index in [1.807, 2.05) is 26.0 Å². The van der Waals surface area contributed by atoms with Crippen molar-refractivity contribution in [1.82, 2.24) is 5.32 Å². The highest BCUT2D eigenvalue weighted by Crippen LogP contribution is 2.36. The van der Waals surface area contributed by atoms with Gasteiger partial charge < -0.3 is 10.4 Å². The summed E-state index contributed by atoms with van der Waals surface area (Å²) in [5.74, 6) is -1.79. The van der Waals surface area contributed by atoms with Crippen molar-refractivity contribution in [3.05, 3.63) is 34.9 Å². The summed E-state index contributed by atoms with van der Waals surface area (Å²) in [6, 6.07) is 7.10. The standard InChI is InChI=1S/C16H20ClNO3/c1-9-7-13(14(8-9)16(20)21)15(19)18-10(2)11-3-5-12(17)6-4-11/h3-6,9-10,13-14H,7-8H2,1-2H3,(H,18,19)(H,20,21)/t9?,10-,13+,14-/m1/s1. The van der Waals surface area contributed by atoms with Gasteiger partial charge in [0.2, 0.25) is 5.91 Å². The number of aliphatic carboxylic acids is 1. The van der Waals surface area contributed by atoms with Gasteiger partial charge >= 0.3 is 5.97 Å². The zero-order chi connectivity index (χ0) is 15.6. The van der Waals surface area contributed by atoms with Crippen molar-refractivity contribution in [2.75, 3.05) is 0 Å². The maximum absolute atomic E-state index is 12.4. The molecule has 2 N–H and O–H groups in total. The second-order valence-electron chi connectivity index (χ2n) is 5.91. The lowest BCUT2D eigenvalue weighted by atomic mass is 9.94. The maximum Gasteiger partial charge on any atom is 0.307 e. The lowest BCUT2D eigenvalue weighted by molar-refractivity contribution is -0.146. The Morgan fingerprint density at radius 2 is 1.81 bits per heavy atom. The van der Waals surface area contributed by atoms with Crippen molar-refractivity contribution < 1.29 is 14.7 Å². The molecule has 0 bridgehead atoms. The largest absolute Gasteiger partial charge is 0.481 e. The fourth-order valence-electron chi connectivity index (χ4n) is 3.01. The molecule has 1 aromatic rings. The van der Waals surface area contributed by atoms with Crippen LogP contribution in [0.1, 0.15) is 38.3 Å². The molecule has 114 valence electrons. The summed E-state index contributed by atoms with van der Waals surface area (Å²) in [5.41, 5.74) is 0.950. The number of carbonyl (C=O) groups is 2. The first-order valence-electron chi connectivity index (χ1n) is 7.17. The van der Waals surface area contributed by atoms with Crippen LogP contribution in [0.5, 0.6) is 0 Å². The second kappa shape index (κ2) is 6.48. The Balaban J connectivity index is 2.03. The Morgan fingerprint density at radius 1 is 1.24 bits per heavy atom. The first kappa shape index (κ1) is 15.8. The molecule has 1 aromatic carbocycles. The van der Waals surface area contributed by atoms with Gasteiger partial charge in [-0.2, -0.15) is 0 Å². The van der Waals surface area contributed by atoms with Gasteiger partial charge in [-0.05, 0) is 43.4 Å². The van der Waals surface area contributed by atoms with Crippen LogP contribution in [-0.2, 0) is 9.59 Å². The van der Waals surface area contributed by atoms with Crippen LogP contribution in [0, 0.1) is 17.8 Å². The molecular weight excluding hydrogens is 290 g/mol. The molecule has 0 saturated heterocycles. The minimum absolute atomic E-state index is 0.167. The quantitative estimate of drug-likeness (QED) is 0.897. The number of carboxylic acid groups (broad SMARTS) is 1. The topological polar surface area (TPSA) is 66.4 Å². The molecule has 0 aliphatic heterocycles. The minimum atomic E-state index is -0.876. The van der Waals surface area contributed by atoms with Gasteiger partial charge in [-0.3, -0.25) is 9.59 Å². The Bertz CT molecular complexity index is 529. The fourth-order valence-corrected chi connectivity index (χ4v) is 3.14. The van der Waals surface area contributed by atoms with Crippen molar-refractivity contribution in [3.8, 4) is 0 Å². The fraction of sp³-hybridized carbons (Fsp3) is 0.500. The number of nitrogens with one attached hydrogen (secondary N) is 1.